The van der Waals surface area contributed by atoms with Crippen LogP contribution >= 0.6 is 0 Å². The molecule has 3 rings (SSSR count). The van der Waals surface area contributed by atoms with Crippen molar-refractivity contribution in [3.05, 3.63) is 54.6 Å². The normalized spacial score (nSPS) is 10.5. The van der Waals surface area contributed by atoms with E-state index in [4.69, 9.17) is 0 Å². The number of rotatable bonds is 2. The van der Waals surface area contributed by atoms with Gasteiger partial charge < -0.3 is 5.32 Å². The number of hydrogen-bond donors (Lipinski definition) is 1. The van der Waals surface area contributed by atoms with Crippen LogP contribution in [-0.2, 0) is 0 Å². The minimum absolute atomic E-state index is 0.777. The lowest BCUT2D eigenvalue weighted by atomic mass is 10.1. The van der Waals surface area contributed by atoms with Crippen molar-refractivity contribution < 1.29 is 0 Å². The van der Waals surface area contributed by atoms with Gasteiger partial charge in [-0.15, -0.1) is 10.2 Å². The maximum atomic E-state index is 4.21. The molecule has 3 nitrogen and oxygen atoms in total. The molecule has 1 heterocycles. The second-order valence-electron chi connectivity index (χ2n) is 4.12. The van der Waals surface area contributed by atoms with Gasteiger partial charge in [-0.05, 0) is 29.0 Å². The summed E-state index contributed by atoms with van der Waals surface area (Å²) in [6, 6.07) is 18.5. The Morgan fingerprint density at radius 1 is 0.833 bits per heavy atom. The van der Waals surface area contributed by atoms with Crippen molar-refractivity contribution in [3.63, 3.8) is 0 Å². The Hall–Kier alpha value is -2.42. The number of nitrogens with one attached hydrogen (secondary N) is 1. The molecule has 0 saturated carbocycles. The first-order valence-corrected chi connectivity index (χ1v) is 5.87. The Bertz CT molecular complexity index is 675. The highest BCUT2D eigenvalue weighted by Gasteiger charge is 2.01. The zero-order chi connectivity index (χ0) is 12.4. The summed E-state index contributed by atoms with van der Waals surface area (Å²) in [5.74, 6) is 0.777. The molecule has 88 valence electrons. The van der Waals surface area contributed by atoms with E-state index in [0.717, 1.165) is 17.1 Å². The molecule has 0 unspecified atom stereocenters. The van der Waals surface area contributed by atoms with Crippen molar-refractivity contribution in [2.75, 3.05) is 12.4 Å². The van der Waals surface area contributed by atoms with Crippen molar-refractivity contribution in [1.82, 2.24) is 10.2 Å². The van der Waals surface area contributed by atoms with E-state index in [-0.39, 0.29) is 0 Å². The highest BCUT2D eigenvalue weighted by atomic mass is 15.2. The van der Waals surface area contributed by atoms with Gasteiger partial charge in [-0.3, -0.25) is 0 Å². The lowest BCUT2D eigenvalue weighted by Gasteiger charge is -2.03. The molecule has 1 N–H and O–H groups in total. The van der Waals surface area contributed by atoms with Crippen LogP contribution in [0.15, 0.2) is 54.6 Å². The van der Waals surface area contributed by atoms with Gasteiger partial charge in [-0.1, -0.05) is 36.4 Å². The third kappa shape index (κ3) is 1.91. The summed E-state index contributed by atoms with van der Waals surface area (Å²) in [5, 5.41) is 13.7. The molecule has 0 bridgehead atoms. The first-order chi connectivity index (χ1) is 8.86. The molecule has 0 aliphatic heterocycles. The molecule has 1 aromatic heterocycles. The van der Waals surface area contributed by atoms with Crippen molar-refractivity contribution in [3.8, 4) is 11.3 Å². The van der Waals surface area contributed by atoms with E-state index in [0.29, 0.717) is 0 Å². The second kappa shape index (κ2) is 4.45. The number of nitrogens with zero attached hydrogens (tertiary/aromatic N) is 2. The fourth-order valence-electron chi connectivity index (χ4n) is 1.97. The van der Waals surface area contributed by atoms with Gasteiger partial charge in [0.1, 0.15) is 5.82 Å². The Morgan fingerprint density at radius 3 is 2.39 bits per heavy atom. The van der Waals surface area contributed by atoms with Crippen LogP contribution < -0.4 is 5.32 Å². The summed E-state index contributed by atoms with van der Waals surface area (Å²) in [5.41, 5.74) is 1.98. The van der Waals surface area contributed by atoms with Crippen LogP contribution in [0.1, 0.15) is 0 Å². The van der Waals surface area contributed by atoms with Gasteiger partial charge in [0, 0.05) is 12.6 Å². The molecule has 2 aromatic carbocycles. The number of anilines is 1. The Kier molecular flexibility index (Phi) is 2.65. The number of aromatic nitrogens is 2. The van der Waals surface area contributed by atoms with Gasteiger partial charge in [-0.25, -0.2) is 0 Å². The first kappa shape index (κ1) is 10.7. The van der Waals surface area contributed by atoms with Gasteiger partial charge in [0.2, 0.25) is 0 Å². The van der Waals surface area contributed by atoms with E-state index < -0.39 is 0 Å². The standard InChI is InChI=1S/C15H13N3/c1-16-15-9-8-14(17-18-15)13-7-6-11-4-2-3-5-12(11)10-13/h2-10H,1H3,(H,16,18). The van der Waals surface area contributed by atoms with E-state index in [1.165, 1.54) is 10.8 Å². The minimum atomic E-state index is 0.777. The van der Waals surface area contributed by atoms with Crippen LogP contribution in [0.3, 0.4) is 0 Å². The average molecular weight is 235 g/mol. The molecule has 0 fully saturated rings. The molecule has 18 heavy (non-hydrogen) atoms. The van der Waals surface area contributed by atoms with Gasteiger partial charge in [0.25, 0.3) is 0 Å². The quantitative estimate of drug-likeness (QED) is 0.740. The Labute approximate surface area is 105 Å². The lowest BCUT2D eigenvalue weighted by molar-refractivity contribution is 1.04. The van der Waals surface area contributed by atoms with Crippen LogP contribution in [0.4, 0.5) is 5.82 Å². The lowest BCUT2D eigenvalue weighted by Crippen LogP contribution is -1.95. The number of hydrogen-bond acceptors (Lipinski definition) is 3. The predicted octanol–water partition coefficient (Wildman–Crippen LogP) is 3.34. The molecule has 3 aromatic rings. The molecule has 3 heteroatoms. The molecule has 0 atom stereocenters. The van der Waals surface area contributed by atoms with Crippen LogP contribution in [0.5, 0.6) is 0 Å². The highest BCUT2D eigenvalue weighted by Crippen LogP contribution is 2.22. The Morgan fingerprint density at radius 2 is 1.67 bits per heavy atom. The van der Waals surface area contributed by atoms with Gasteiger partial charge in [-0.2, -0.15) is 0 Å². The van der Waals surface area contributed by atoms with Crippen molar-refractivity contribution in [2.24, 2.45) is 0 Å². The van der Waals surface area contributed by atoms with Crippen LogP contribution in [0, 0.1) is 0 Å². The molecule has 0 aliphatic carbocycles. The van der Waals surface area contributed by atoms with E-state index in [1.54, 1.807) is 0 Å². The molecular weight excluding hydrogens is 222 g/mol. The first-order valence-electron chi connectivity index (χ1n) is 5.87. The Balaban J connectivity index is 2.07. The van der Waals surface area contributed by atoms with Crippen molar-refractivity contribution in [1.29, 1.82) is 0 Å². The molecule has 0 amide bonds. The summed E-state index contributed by atoms with van der Waals surface area (Å²) in [4.78, 5) is 0. The zero-order valence-corrected chi connectivity index (χ0v) is 10.1. The topological polar surface area (TPSA) is 37.8 Å². The third-order valence-corrected chi connectivity index (χ3v) is 2.97. The fraction of sp³-hybridized carbons (Fsp3) is 0.0667. The zero-order valence-electron chi connectivity index (χ0n) is 10.1. The smallest absolute Gasteiger partial charge is 0.148 e. The average Bonchev–Trinajstić information content (AvgIpc) is 2.47. The monoisotopic (exact) mass is 235 g/mol. The maximum absolute atomic E-state index is 4.21. The molecule has 0 spiro atoms. The fourth-order valence-corrected chi connectivity index (χ4v) is 1.97. The largest absolute Gasteiger partial charge is 0.372 e. The van der Waals surface area contributed by atoms with E-state index in [1.807, 2.05) is 31.3 Å². The predicted molar refractivity (Wildman–Crippen MR) is 74.5 cm³/mol. The summed E-state index contributed by atoms with van der Waals surface area (Å²) in [7, 11) is 1.83. The minimum Gasteiger partial charge on any atom is -0.372 e. The van der Waals surface area contributed by atoms with Crippen molar-refractivity contribution in [2.45, 2.75) is 0 Å². The van der Waals surface area contributed by atoms with Crippen LogP contribution in [0.2, 0.25) is 0 Å². The molecule has 0 saturated heterocycles. The summed E-state index contributed by atoms with van der Waals surface area (Å²) in [6.45, 7) is 0. The maximum Gasteiger partial charge on any atom is 0.148 e. The van der Waals surface area contributed by atoms with Gasteiger partial charge in [0.05, 0.1) is 5.69 Å². The van der Waals surface area contributed by atoms with Crippen molar-refractivity contribution >= 4 is 16.6 Å². The summed E-state index contributed by atoms with van der Waals surface area (Å²) < 4.78 is 0. The van der Waals surface area contributed by atoms with Gasteiger partial charge >= 0.3 is 0 Å². The van der Waals surface area contributed by atoms with Crippen LogP contribution in [0.25, 0.3) is 22.0 Å². The van der Waals surface area contributed by atoms with Gasteiger partial charge in [0.15, 0.2) is 0 Å². The molecular formula is C15H13N3. The SMILES string of the molecule is CNc1ccc(-c2ccc3ccccc3c2)nn1. The van der Waals surface area contributed by atoms with Crippen LogP contribution in [-0.4, -0.2) is 17.2 Å². The number of fused-ring (bicyclic) bond motifs is 1. The second-order valence-corrected chi connectivity index (χ2v) is 4.12. The number of benzene rings is 2. The summed E-state index contributed by atoms with van der Waals surface area (Å²) in [6.07, 6.45) is 0. The highest BCUT2D eigenvalue weighted by molar-refractivity contribution is 5.86. The van der Waals surface area contributed by atoms with E-state index in [9.17, 15) is 0 Å². The molecule has 0 radical (unpaired) electrons. The molecule has 0 aliphatic rings. The van der Waals surface area contributed by atoms with E-state index in [2.05, 4.69) is 45.8 Å². The summed E-state index contributed by atoms with van der Waals surface area (Å²) >= 11 is 0. The van der Waals surface area contributed by atoms with E-state index >= 15 is 0 Å². The third-order valence-electron chi connectivity index (χ3n) is 2.97.